The van der Waals surface area contributed by atoms with E-state index in [-0.39, 0.29) is 5.91 Å². The first kappa shape index (κ1) is 15.5. The Morgan fingerprint density at radius 2 is 1.95 bits per heavy atom. The summed E-state index contributed by atoms with van der Waals surface area (Å²) < 4.78 is 5.48. The van der Waals surface area contributed by atoms with Gasteiger partial charge in [0.25, 0.3) is 0 Å². The number of carbonyl (C=O) groups excluding carboxylic acids is 1. The number of hydrogen-bond donors (Lipinski definition) is 2. The summed E-state index contributed by atoms with van der Waals surface area (Å²) in [5.74, 6) is 0.858. The maximum Gasteiger partial charge on any atom is 0.225 e. The van der Waals surface area contributed by atoms with Crippen LogP contribution < -0.4 is 15.4 Å². The maximum absolute atomic E-state index is 11.7. The fourth-order valence-electron chi connectivity index (χ4n) is 1.55. The molecule has 19 heavy (non-hydrogen) atoms. The molecule has 1 amide bonds. The number of carbonyl (C=O) groups is 1. The van der Waals surface area contributed by atoms with Gasteiger partial charge < -0.3 is 15.4 Å². The van der Waals surface area contributed by atoms with E-state index in [1.165, 1.54) is 0 Å². The Balaban J connectivity index is 2.33. The molecule has 2 N–H and O–H groups in total. The third kappa shape index (κ3) is 6.82. The van der Waals surface area contributed by atoms with E-state index in [4.69, 9.17) is 4.74 Å². The van der Waals surface area contributed by atoms with Crippen molar-refractivity contribution < 1.29 is 9.53 Å². The zero-order valence-electron chi connectivity index (χ0n) is 12.0. The number of amides is 1. The van der Waals surface area contributed by atoms with Gasteiger partial charge in [0.15, 0.2) is 0 Å². The quantitative estimate of drug-likeness (QED) is 0.759. The van der Waals surface area contributed by atoms with Gasteiger partial charge in [0.1, 0.15) is 5.75 Å². The first-order valence-electron chi connectivity index (χ1n) is 6.88. The van der Waals surface area contributed by atoms with Gasteiger partial charge in [-0.1, -0.05) is 20.8 Å². The van der Waals surface area contributed by atoms with Crippen LogP contribution in [0.3, 0.4) is 0 Å². The summed E-state index contributed by atoms with van der Waals surface area (Å²) in [5, 5.41) is 6.08. The minimum Gasteiger partial charge on any atom is -0.494 e. The largest absolute Gasteiger partial charge is 0.494 e. The molecular weight excluding hydrogens is 240 g/mol. The lowest BCUT2D eigenvalue weighted by Gasteiger charge is -2.09. The van der Waals surface area contributed by atoms with Gasteiger partial charge in [0.05, 0.1) is 6.61 Å². The van der Waals surface area contributed by atoms with E-state index < -0.39 is 0 Å². The highest BCUT2D eigenvalue weighted by atomic mass is 16.5. The van der Waals surface area contributed by atoms with Crippen molar-refractivity contribution in [2.45, 2.75) is 39.7 Å². The van der Waals surface area contributed by atoms with E-state index in [9.17, 15) is 4.79 Å². The van der Waals surface area contributed by atoms with Crippen molar-refractivity contribution in [2.75, 3.05) is 18.5 Å². The summed E-state index contributed by atoms with van der Waals surface area (Å²) in [5.41, 5.74) is 0.804. The van der Waals surface area contributed by atoms with Crippen molar-refractivity contribution in [1.82, 2.24) is 5.32 Å². The highest BCUT2D eigenvalue weighted by molar-refractivity contribution is 5.90. The van der Waals surface area contributed by atoms with Gasteiger partial charge in [0, 0.05) is 24.7 Å². The molecular formula is C15H24N2O2. The van der Waals surface area contributed by atoms with Gasteiger partial charge in [-0.25, -0.2) is 0 Å². The van der Waals surface area contributed by atoms with Crippen LogP contribution in [0.5, 0.6) is 5.75 Å². The molecule has 1 rings (SSSR count). The number of benzene rings is 1. The average Bonchev–Trinajstić information content (AvgIpc) is 2.37. The number of rotatable bonds is 8. The molecule has 0 fully saturated rings. The van der Waals surface area contributed by atoms with Crippen molar-refractivity contribution in [3.05, 3.63) is 24.3 Å². The molecule has 0 aliphatic carbocycles. The minimum absolute atomic E-state index is 0.0235. The zero-order chi connectivity index (χ0) is 14.1. The molecule has 1 aromatic carbocycles. The fourth-order valence-corrected chi connectivity index (χ4v) is 1.55. The van der Waals surface area contributed by atoms with Gasteiger partial charge in [-0.05, 0) is 30.7 Å². The predicted molar refractivity (Wildman–Crippen MR) is 78.6 cm³/mol. The Bertz CT molecular complexity index is 374. The van der Waals surface area contributed by atoms with E-state index in [1.807, 2.05) is 24.3 Å². The van der Waals surface area contributed by atoms with E-state index in [1.54, 1.807) is 0 Å². The lowest BCUT2D eigenvalue weighted by Crippen LogP contribution is -2.27. The number of anilines is 1. The van der Waals surface area contributed by atoms with Gasteiger partial charge in [0.2, 0.25) is 5.91 Å². The van der Waals surface area contributed by atoms with Gasteiger partial charge in [-0.15, -0.1) is 0 Å². The Morgan fingerprint density at radius 3 is 2.53 bits per heavy atom. The molecule has 4 nitrogen and oxygen atoms in total. The maximum atomic E-state index is 11.7. The minimum atomic E-state index is 0.0235. The molecule has 0 unspecified atom stereocenters. The van der Waals surface area contributed by atoms with Crippen LogP contribution in [0.2, 0.25) is 0 Å². The van der Waals surface area contributed by atoms with Crippen molar-refractivity contribution in [1.29, 1.82) is 0 Å². The molecule has 0 atom stereocenters. The summed E-state index contributed by atoms with van der Waals surface area (Å²) in [6, 6.07) is 7.87. The number of nitrogens with one attached hydrogen (secondary N) is 2. The normalized spacial score (nSPS) is 10.5. The molecule has 0 saturated heterocycles. The molecule has 0 bridgehead atoms. The van der Waals surface area contributed by atoms with Crippen LogP contribution in [0.15, 0.2) is 24.3 Å². The zero-order valence-corrected chi connectivity index (χ0v) is 12.0. The van der Waals surface area contributed by atoms with Gasteiger partial charge >= 0.3 is 0 Å². The smallest absolute Gasteiger partial charge is 0.225 e. The highest BCUT2D eigenvalue weighted by Crippen LogP contribution is 2.15. The van der Waals surface area contributed by atoms with E-state index in [0.29, 0.717) is 25.6 Å². The van der Waals surface area contributed by atoms with Crippen LogP contribution in [0.4, 0.5) is 5.69 Å². The van der Waals surface area contributed by atoms with Crippen LogP contribution in [-0.4, -0.2) is 25.1 Å². The van der Waals surface area contributed by atoms with Crippen LogP contribution in [0, 0.1) is 0 Å². The Labute approximate surface area is 115 Å². The van der Waals surface area contributed by atoms with Crippen molar-refractivity contribution in [2.24, 2.45) is 0 Å². The Morgan fingerprint density at radius 1 is 1.26 bits per heavy atom. The van der Waals surface area contributed by atoms with E-state index in [2.05, 4.69) is 31.4 Å². The third-order valence-corrected chi connectivity index (χ3v) is 2.52. The van der Waals surface area contributed by atoms with Crippen LogP contribution >= 0.6 is 0 Å². The molecule has 0 saturated carbocycles. The summed E-state index contributed by atoms with van der Waals surface area (Å²) in [4.78, 5) is 11.7. The standard InChI is InChI=1S/C15H24N2O2/c1-4-11-19-14-7-5-13(6-8-14)17-15(18)9-10-16-12(2)3/h5-8,12,16H,4,9-11H2,1-3H3,(H,17,18). The number of ether oxygens (including phenoxy) is 1. The molecule has 106 valence electrons. The number of hydrogen-bond acceptors (Lipinski definition) is 3. The highest BCUT2D eigenvalue weighted by Gasteiger charge is 2.03. The summed E-state index contributed by atoms with van der Waals surface area (Å²) in [6.45, 7) is 7.60. The lowest BCUT2D eigenvalue weighted by molar-refractivity contribution is -0.116. The predicted octanol–water partition coefficient (Wildman–Crippen LogP) is 2.80. The molecule has 1 aromatic rings. The monoisotopic (exact) mass is 264 g/mol. The third-order valence-electron chi connectivity index (χ3n) is 2.52. The van der Waals surface area contributed by atoms with Crippen LogP contribution in [-0.2, 0) is 4.79 Å². The second-order valence-corrected chi connectivity index (χ2v) is 4.78. The van der Waals surface area contributed by atoms with Gasteiger partial charge in [-0.2, -0.15) is 0 Å². The van der Waals surface area contributed by atoms with E-state index >= 15 is 0 Å². The summed E-state index contributed by atoms with van der Waals surface area (Å²) >= 11 is 0. The average molecular weight is 264 g/mol. The van der Waals surface area contributed by atoms with Crippen molar-refractivity contribution in [3.8, 4) is 5.75 Å². The fraction of sp³-hybridized carbons (Fsp3) is 0.533. The summed E-state index contributed by atoms with van der Waals surface area (Å²) in [7, 11) is 0. The second kappa shape index (κ2) is 8.53. The SMILES string of the molecule is CCCOc1ccc(NC(=O)CCNC(C)C)cc1. The molecule has 0 aromatic heterocycles. The molecule has 0 aliphatic rings. The Kier molecular flexibility index (Phi) is 6.97. The van der Waals surface area contributed by atoms with Gasteiger partial charge in [-0.3, -0.25) is 4.79 Å². The molecule has 0 radical (unpaired) electrons. The first-order chi connectivity index (χ1) is 9.11. The van der Waals surface area contributed by atoms with E-state index in [0.717, 1.165) is 17.9 Å². The summed E-state index contributed by atoms with van der Waals surface area (Å²) in [6.07, 6.45) is 1.47. The van der Waals surface area contributed by atoms with Crippen LogP contribution in [0.1, 0.15) is 33.6 Å². The topological polar surface area (TPSA) is 50.4 Å². The molecule has 0 aliphatic heterocycles. The second-order valence-electron chi connectivity index (χ2n) is 4.78. The molecule has 4 heteroatoms. The Hall–Kier alpha value is -1.55. The first-order valence-corrected chi connectivity index (χ1v) is 6.88. The molecule has 0 heterocycles. The lowest BCUT2D eigenvalue weighted by atomic mass is 10.3. The van der Waals surface area contributed by atoms with Crippen molar-refractivity contribution in [3.63, 3.8) is 0 Å². The van der Waals surface area contributed by atoms with Crippen molar-refractivity contribution >= 4 is 11.6 Å². The van der Waals surface area contributed by atoms with Crippen LogP contribution in [0.25, 0.3) is 0 Å². The molecule has 0 spiro atoms.